The predicted molar refractivity (Wildman–Crippen MR) is 125 cm³/mol. The number of methoxy groups -OCH3 is 1. The molecule has 0 heterocycles. The number of hydrogen-bond donors (Lipinski definition) is 1. The lowest BCUT2D eigenvalue weighted by Crippen LogP contribution is -2.26. The molecule has 32 heavy (non-hydrogen) atoms. The van der Waals surface area contributed by atoms with E-state index in [4.69, 9.17) is 9.47 Å². The van der Waals surface area contributed by atoms with Crippen LogP contribution in [-0.2, 0) is 9.47 Å². The van der Waals surface area contributed by atoms with Crippen molar-refractivity contribution in [1.29, 1.82) is 0 Å². The molecular formula is C27H25NO4. The van der Waals surface area contributed by atoms with Gasteiger partial charge >= 0.3 is 12.1 Å². The van der Waals surface area contributed by atoms with Gasteiger partial charge in [-0.15, -0.1) is 0 Å². The maximum Gasteiger partial charge on any atom is 0.407 e. The second kappa shape index (κ2) is 9.52. The van der Waals surface area contributed by atoms with Crippen molar-refractivity contribution in [1.82, 2.24) is 5.32 Å². The molecule has 0 spiro atoms. The van der Waals surface area contributed by atoms with Gasteiger partial charge in [0, 0.05) is 12.5 Å². The highest BCUT2D eigenvalue weighted by Gasteiger charge is 2.28. The van der Waals surface area contributed by atoms with Crippen molar-refractivity contribution in [2.24, 2.45) is 0 Å². The lowest BCUT2D eigenvalue weighted by Gasteiger charge is -2.14. The van der Waals surface area contributed by atoms with Crippen LogP contribution in [0.3, 0.4) is 0 Å². The van der Waals surface area contributed by atoms with E-state index in [2.05, 4.69) is 29.6 Å². The van der Waals surface area contributed by atoms with Crippen molar-refractivity contribution < 1.29 is 19.1 Å². The molecule has 1 N–H and O–H groups in total. The van der Waals surface area contributed by atoms with Crippen LogP contribution in [0.1, 0.15) is 38.5 Å². The normalized spacial score (nSPS) is 12.3. The average molecular weight is 428 g/mol. The molecular weight excluding hydrogens is 402 g/mol. The SMILES string of the molecule is COC(=O)c1ccc(C=CCNC(=O)OCC2c3ccccc3-c3ccccc32)c(C)c1. The highest BCUT2D eigenvalue weighted by Crippen LogP contribution is 2.44. The van der Waals surface area contributed by atoms with Crippen LogP contribution < -0.4 is 5.32 Å². The predicted octanol–water partition coefficient (Wildman–Crippen LogP) is 5.33. The molecule has 1 aliphatic carbocycles. The number of fused-ring (bicyclic) bond motifs is 3. The van der Waals surface area contributed by atoms with Crippen LogP contribution in [0.25, 0.3) is 17.2 Å². The van der Waals surface area contributed by atoms with Crippen molar-refractivity contribution in [3.8, 4) is 11.1 Å². The number of rotatable bonds is 6. The van der Waals surface area contributed by atoms with Gasteiger partial charge in [0.25, 0.3) is 0 Å². The van der Waals surface area contributed by atoms with E-state index in [9.17, 15) is 9.59 Å². The van der Waals surface area contributed by atoms with Crippen LogP contribution in [0.5, 0.6) is 0 Å². The van der Waals surface area contributed by atoms with Crippen LogP contribution in [-0.4, -0.2) is 32.3 Å². The average Bonchev–Trinajstić information content (AvgIpc) is 3.14. The van der Waals surface area contributed by atoms with E-state index >= 15 is 0 Å². The van der Waals surface area contributed by atoms with Crippen LogP contribution in [0, 0.1) is 6.92 Å². The third-order valence-corrected chi connectivity index (χ3v) is 5.70. The molecule has 0 fully saturated rings. The number of carbonyl (C=O) groups is 2. The smallest absolute Gasteiger partial charge is 0.407 e. The molecule has 0 aromatic heterocycles. The molecule has 0 bridgehead atoms. The molecule has 0 saturated carbocycles. The Bertz CT molecular complexity index is 1140. The third kappa shape index (κ3) is 4.42. The minimum Gasteiger partial charge on any atom is -0.465 e. The molecule has 1 aliphatic rings. The molecule has 3 aromatic rings. The summed E-state index contributed by atoms with van der Waals surface area (Å²) in [6.07, 6.45) is 3.30. The van der Waals surface area contributed by atoms with Crippen molar-refractivity contribution >= 4 is 18.1 Å². The summed E-state index contributed by atoms with van der Waals surface area (Å²) in [5, 5.41) is 2.76. The maximum absolute atomic E-state index is 12.2. The summed E-state index contributed by atoms with van der Waals surface area (Å²) in [5.41, 5.74) is 7.21. The monoisotopic (exact) mass is 427 g/mol. The van der Waals surface area contributed by atoms with Gasteiger partial charge in [0.2, 0.25) is 0 Å². The van der Waals surface area contributed by atoms with Gasteiger partial charge in [-0.2, -0.15) is 0 Å². The zero-order valence-electron chi connectivity index (χ0n) is 18.1. The lowest BCUT2D eigenvalue weighted by atomic mass is 9.98. The van der Waals surface area contributed by atoms with Gasteiger partial charge < -0.3 is 14.8 Å². The van der Waals surface area contributed by atoms with Gasteiger partial charge in [-0.3, -0.25) is 0 Å². The van der Waals surface area contributed by atoms with E-state index in [0.717, 1.165) is 11.1 Å². The minimum atomic E-state index is -0.450. The number of benzene rings is 3. The molecule has 0 radical (unpaired) electrons. The molecule has 0 saturated heterocycles. The number of esters is 1. The van der Waals surface area contributed by atoms with Gasteiger partial charge in [-0.25, -0.2) is 9.59 Å². The standard InChI is InChI=1S/C27H25NO4/c1-18-16-20(26(29)31-2)14-13-19(18)8-7-15-28-27(30)32-17-25-23-11-5-3-9-21(23)22-10-4-6-12-24(22)25/h3-14,16,25H,15,17H2,1-2H3,(H,28,30). The highest BCUT2D eigenvalue weighted by molar-refractivity contribution is 5.90. The van der Waals surface area contributed by atoms with Crippen LogP contribution in [0.2, 0.25) is 0 Å². The molecule has 0 aliphatic heterocycles. The fourth-order valence-electron chi connectivity index (χ4n) is 4.09. The first kappa shape index (κ1) is 21.4. The number of hydrogen-bond acceptors (Lipinski definition) is 4. The summed E-state index contributed by atoms with van der Waals surface area (Å²) < 4.78 is 10.3. The molecule has 0 atom stereocenters. The fraction of sp³-hybridized carbons (Fsp3) is 0.185. The quantitative estimate of drug-likeness (QED) is 0.540. The van der Waals surface area contributed by atoms with E-state index in [1.54, 1.807) is 12.1 Å². The number of nitrogens with one attached hydrogen (secondary N) is 1. The molecule has 0 unspecified atom stereocenters. The second-order valence-corrected chi connectivity index (χ2v) is 7.67. The Labute approximate surface area is 187 Å². The number of alkyl carbamates (subject to hydrolysis) is 1. The summed E-state index contributed by atoms with van der Waals surface area (Å²) in [7, 11) is 1.36. The van der Waals surface area contributed by atoms with Gasteiger partial charge in [0.15, 0.2) is 0 Å². The van der Waals surface area contributed by atoms with Crippen molar-refractivity contribution in [3.63, 3.8) is 0 Å². The van der Waals surface area contributed by atoms with Gasteiger partial charge in [0.1, 0.15) is 6.61 Å². The van der Waals surface area contributed by atoms with Crippen LogP contribution >= 0.6 is 0 Å². The van der Waals surface area contributed by atoms with Crippen molar-refractivity contribution in [2.45, 2.75) is 12.8 Å². The molecule has 4 rings (SSSR count). The summed E-state index contributed by atoms with van der Waals surface area (Å²) >= 11 is 0. The number of carbonyl (C=O) groups excluding carboxylic acids is 2. The first-order valence-electron chi connectivity index (χ1n) is 10.5. The lowest BCUT2D eigenvalue weighted by molar-refractivity contribution is 0.0600. The van der Waals surface area contributed by atoms with Gasteiger partial charge in [0.05, 0.1) is 12.7 Å². The summed E-state index contributed by atoms with van der Waals surface area (Å²) in [4.78, 5) is 23.8. The Morgan fingerprint density at radius 1 is 0.969 bits per heavy atom. The first-order valence-corrected chi connectivity index (χ1v) is 10.5. The topological polar surface area (TPSA) is 64.6 Å². The summed E-state index contributed by atoms with van der Waals surface area (Å²) in [6.45, 7) is 2.55. The molecule has 3 aromatic carbocycles. The minimum absolute atomic E-state index is 0.0414. The zero-order valence-corrected chi connectivity index (χ0v) is 18.1. The maximum atomic E-state index is 12.2. The Morgan fingerprint density at radius 2 is 1.62 bits per heavy atom. The molecule has 5 nitrogen and oxygen atoms in total. The molecule has 162 valence electrons. The van der Waals surface area contributed by atoms with Crippen LogP contribution in [0.4, 0.5) is 4.79 Å². The van der Waals surface area contributed by atoms with E-state index in [1.807, 2.05) is 49.4 Å². The molecule has 1 amide bonds. The Kier molecular flexibility index (Phi) is 6.36. The van der Waals surface area contributed by atoms with E-state index in [1.165, 1.54) is 29.4 Å². The van der Waals surface area contributed by atoms with Gasteiger partial charge in [-0.1, -0.05) is 66.7 Å². The summed E-state index contributed by atoms with van der Waals surface area (Å²) in [5.74, 6) is -0.319. The highest BCUT2D eigenvalue weighted by atomic mass is 16.5. The number of ether oxygens (including phenoxy) is 2. The van der Waals surface area contributed by atoms with Crippen molar-refractivity contribution in [2.75, 3.05) is 20.3 Å². The van der Waals surface area contributed by atoms with E-state index in [0.29, 0.717) is 12.1 Å². The first-order chi connectivity index (χ1) is 15.6. The molecule has 5 heteroatoms. The number of aryl methyl sites for hydroxylation is 1. The fourth-order valence-corrected chi connectivity index (χ4v) is 4.09. The van der Waals surface area contributed by atoms with Gasteiger partial charge in [-0.05, 0) is 52.4 Å². The van der Waals surface area contributed by atoms with Crippen LogP contribution in [0.15, 0.2) is 72.8 Å². The second-order valence-electron chi connectivity index (χ2n) is 7.67. The Morgan fingerprint density at radius 3 is 2.25 bits per heavy atom. The van der Waals surface area contributed by atoms with Crippen molar-refractivity contribution in [3.05, 3.63) is 101 Å². The third-order valence-electron chi connectivity index (χ3n) is 5.70. The number of amides is 1. The van der Waals surface area contributed by atoms with E-state index < -0.39 is 6.09 Å². The summed E-state index contributed by atoms with van der Waals surface area (Å²) in [6, 6.07) is 21.9. The Hall–Kier alpha value is -3.86. The Balaban J connectivity index is 1.31. The van der Waals surface area contributed by atoms with E-state index in [-0.39, 0.29) is 18.5 Å². The zero-order chi connectivity index (χ0) is 22.5. The largest absolute Gasteiger partial charge is 0.465 e.